The van der Waals surface area contributed by atoms with Crippen LogP contribution in [0.5, 0.6) is 0 Å². The fourth-order valence-electron chi connectivity index (χ4n) is 2.19. The Hall–Kier alpha value is -2.17. The third-order valence-corrected chi connectivity index (χ3v) is 2.99. The van der Waals surface area contributed by atoms with Crippen LogP contribution in [-0.4, -0.2) is 20.2 Å². The lowest BCUT2D eigenvalue weighted by Crippen LogP contribution is -2.09. The van der Waals surface area contributed by atoms with Gasteiger partial charge in [0.2, 0.25) is 5.95 Å². The van der Waals surface area contributed by atoms with E-state index in [9.17, 15) is 0 Å². The molecule has 0 unspecified atom stereocenters. The van der Waals surface area contributed by atoms with Crippen molar-refractivity contribution in [3.05, 3.63) is 40.6 Å². The molecule has 0 aliphatic heterocycles. The first-order chi connectivity index (χ1) is 8.70. The van der Waals surface area contributed by atoms with E-state index in [1.54, 1.807) is 0 Å². The number of allylic oxidation sites excluding steroid dienone is 1. The van der Waals surface area contributed by atoms with Gasteiger partial charge in [0, 0.05) is 17.1 Å². The average molecular weight is 241 g/mol. The molecule has 2 N–H and O–H groups in total. The van der Waals surface area contributed by atoms with Gasteiger partial charge in [-0.05, 0) is 44.4 Å². The zero-order chi connectivity index (χ0) is 12.5. The third kappa shape index (κ3) is 2.11. The van der Waals surface area contributed by atoms with Gasteiger partial charge in [-0.2, -0.15) is 5.10 Å². The Labute approximate surface area is 105 Å². The maximum absolute atomic E-state index is 4.38. The molecule has 0 bridgehead atoms. The highest BCUT2D eigenvalue weighted by Gasteiger charge is 2.12. The first kappa shape index (κ1) is 11.0. The van der Waals surface area contributed by atoms with E-state index in [0.29, 0.717) is 5.95 Å². The molecule has 0 fully saturated rings. The second-order valence-corrected chi connectivity index (χ2v) is 4.58. The van der Waals surface area contributed by atoms with E-state index >= 15 is 0 Å². The van der Waals surface area contributed by atoms with Crippen molar-refractivity contribution in [2.24, 2.45) is 0 Å². The number of H-pyrrole nitrogens is 1. The summed E-state index contributed by atoms with van der Waals surface area (Å²) in [5, 5.41) is 10.3. The maximum Gasteiger partial charge on any atom is 0.227 e. The van der Waals surface area contributed by atoms with Gasteiger partial charge in [-0.15, -0.1) is 0 Å². The van der Waals surface area contributed by atoms with E-state index in [1.165, 1.54) is 5.56 Å². The van der Waals surface area contributed by atoms with Crippen LogP contribution in [0.3, 0.4) is 0 Å². The van der Waals surface area contributed by atoms with Crippen LogP contribution in [-0.2, 0) is 6.42 Å². The van der Waals surface area contributed by atoms with E-state index in [4.69, 9.17) is 0 Å². The van der Waals surface area contributed by atoms with Gasteiger partial charge < -0.3 is 5.32 Å². The molecule has 0 saturated carbocycles. The van der Waals surface area contributed by atoms with Crippen molar-refractivity contribution in [3.63, 3.8) is 0 Å². The highest BCUT2D eigenvalue weighted by atomic mass is 15.1. The van der Waals surface area contributed by atoms with Gasteiger partial charge in [-0.1, -0.05) is 0 Å². The molecule has 0 saturated heterocycles. The van der Waals surface area contributed by atoms with Crippen LogP contribution in [0.15, 0.2) is 18.0 Å². The summed E-state index contributed by atoms with van der Waals surface area (Å²) < 4.78 is 0. The van der Waals surface area contributed by atoms with Crippen LogP contribution < -0.4 is 5.32 Å². The number of hydrogen-bond donors (Lipinski definition) is 2. The highest BCUT2D eigenvalue weighted by molar-refractivity contribution is 5.59. The van der Waals surface area contributed by atoms with Crippen LogP contribution in [0.2, 0.25) is 0 Å². The largest absolute Gasteiger partial charge is 0.328 e. The molecule has 5 heteroatoms. The summed E-state index contributed by atoms with van der Waals surface area (Å²) in [6, 6.07) is 1.97. The number of aryl methyl sites for hydroxylation is 3. The monoisotopic (exact) mass is 241 g/mol. The molecule has 0 aromatic carbocycles. The van der Waals surface area contributed by atoms with Crippen molar-refractivity contribution in [2.75, 3.05) is 5.32 Å². The van der Waals surface area contributed by atoms with E-state index in [-0.39, 0.29) is 0 Å². The standard InChI is InChI=1S/C13H15N5/c1-8-5-9(2)16-13(15-8)17-11-4-3-10-7-14-18-12(10)6-11/h5-7H,3-4H2,1-2H3,(H,14,18)(H,15,16,17). The molecule has 0 spiro atoms. The van der Waals surface area contributed by atoms with Crippen molar-refractivity contribution in [1.82, 2.24) is 20.2 Å². The molecule has 0 amide bonds. The zero-order valence-electron chi connectivity index (χ0n) is 10.5. The highest BCUT2D eigenvalue weighted by Crippen LogP contribution is 2.22. The predicted molar refractivity (Wildman–Crippen MR) is 70.0 cm³/mol. The van der Waals surface area contributed by atoms with Crippen LogP contribution in [0.4, 0.5) is 5.95 Å². The quantitative estimate of drug-likeness (QED) is 0.846. The number of nitrogens with one attached hydrogen (secondary N) is 2. The smallest absolute Gasteiger partial charge is 0.227 e. The van der Waals surface area contributed by atoms with Gasteiger partial charge in [0.25, 0.3) is 0 Å². The molecule has 18 heavy (non-hydrogen) atoms. The van der Waals surface area contributed by atoms with E-state index in [2.05, 4.69) is 31.6 Å². The number of aromatic amines is 1. The molecule has 0 radical (unpaired) electrons. The Kier molecular flexibility index (Phi) is 2.59. The fraction of sp³-hybridized carbons (Fsp3) is 0.308. The van der Waals surface area contributed by atoms with Crippen molar-refractivity contribution in [2.45, 2.75) is 26.7 Å². The molecule has 5 nitrogen and oxygen atoms in total. The SMILES string of the molecule is Cc1cc(C)nc(NC2=Cc3[nH]ncc3CC2)n1. The average Bonchev–Trinajstić information content (AvgIpc) is 2.74. The van der Waals surface area contributed by atoms with Crippen LogP contribution in [0.1, 0.15) is 29.1 Å². The molecule has 3 rings (SSSR count). The summed E-state index contributed by atoms with van der Waals surface area (Å²) >= 11 is 0. The number of rotatable bonds is 2. The Morgan fingerprint density at radius 1 is 1.17 bits per heavy atom. The van der Waals surface area contributed by atoms with Gasteiger partial charge >= 0.3 is 0 Å². The molecular formula is C13H15N5. The van der Waals surface area contributed by atoms with E-state index in [1.807, 2.05) is 26.1 Å². The number of nitrogens with zero attached hydrogens (tertiary/aromatic N) is 3. The second-order valence-electron chi connectivity index (χ2n) is 4.58. The van der Waals surface area contributed by atoms with E-state index < -0.39 is 0 Å². The number of hydrogen-bond acceptors (Lipinski definition) is 4. The van der Waals surface area contributed by atoms with Crippen LogP contribution in [0.25, 0.3) is 6.08 Å². The van der Waals surface area contributed by atoms with Crippen LogP contribution >= 0.6 is 0 Å². The van der Waals surface area contributed by atoms with Crippen LogP contribution in [0, 0.1) is 13.8 Å². The summed E-state index contributed by atoms with van der Waals surface area (Å²) in [6.07, 6.45) is 5.92. The van der Waals surface area contributed by atoms with Crippen molar-refractivity contribution < 1.29 is 0 Å². The minimum atomic E-state index is 0.668. The van der Waals surface area contributed by atoms with Gasteiger partial charge in [0.1, 0.15) is 0 Å². The second kappa shape index (κ2) is 4.25. The lowest BCUT2D eigenvalue weighted by molar-refractivity contribution is 0.918. The minimum Gasteiger partial charge on any atom is -0.328 e. The summed E-state index contributed by atoms with van der Waals surface area (Å²) in [6.45, 7) is 3.95. The third-order valence-electron chi connectivity index (χ3n) is 2.99. The van der Waals surface area contributed by atoms with Crippen molar-refractivity contribution in [1.29, 1.82) is 0 Å². The number of anilines is 1. The van der Waals surface area contributed by atoms with Gasteiger partial charge in [-0.25, -0.2) is 9.97 Å². The minimum absolute atomic E-state index is 0.668. The van der Waals surface area contributed by atoms with Crippen molar-refractivity contribution >= 4 is 12.0 Å². The van der Waals surface area contributed by atoms with Gasteiger partial charge in [0.15, 0.2) is 0 Å². The maximum atomic E-state index is 4.38. The lowest BCUT2D eigenvalue weighted by atomic mass is 10.0. The molecule has 1 aliphatic rings. The number of aromatic nitrogens is 4. The number of fused-ring (bicyclic) bond motifs is 1. The first-order valence-electron chi connectivity index (χ1n) is 6.03. The molecule has 0 atom stereocenters. The van der Waals surface area contributed by atoms with Crippen molar-refractivity contribution in [3.8, 4) is 0 Å². The predicted octanol–water partition coefficient (Wildman–Crippen LogP) is 2.22. The van der Waals surface area contributed by atoms with Gasteiger partial charge in [0.05, 0.1) is 11.9 Å². The molecule has 1 aliphatic carbocycles. The van der Waals surface area contributed by atoms with E-state index in [0.717, 1.165) is 35.6 Å². The Morgan fingerprint density at radius 2 is 1.94 bits per heavy atom. The molecule has 2 aromatic heterocycles. The molecule has 92 valence electrons. The normalized spacial score (nSPS) is 14.0. The Bertz CT molecular complexity index is 591. The lowest BCUT2D eigenvalue weighted by Gasteiger charge is -2.14. The van der Waals surface area contributed by atoms with Gasteiger partial charge in [-0.3, -0.25) is 5.10 Å². The Morgan fingerprint density at radius 3 is 2.72 bits per heavy atom. The topological polar surface area (TPSA) is 66.5 Å². The summed E-state index contributed by atoms with van der Waals surface area (Å²) in [7, 11) is 0. The Balaban J connectivity index is 1.85. The molecular weight excluding hydrogens is 226 g/mol. The summed E-state index contributed by atoms with van der Waals surface area (Å²) in [5.74, 6) is 0.668. The zero-order valence-corrected chi connectivity index (χ0v) is 10.5. The fourth-order valence-corrected chi connectivity index (χ4v) is 2.19. The molecule has 2 aromatic rings. The molecule has 2 heterocycles. The summed E-state index contributed by atoms with van der Waals surface area (Å²) in [5.41, 5.74) is 5.42. The summed E-state index contributed by atoms with van der Waals surface area (Å²) in [4.78, 5) is 8.77. The first-order valence-corrected chi connectivity index (χ1v) is 6.03.